The Balaban J connectivity index is 2.31. The van der Waals surface area contributed by atoms with Crippen molar-refractivity contribution in [2.24, 2.45) is 5.92 Å². The van der Waals surface area contributed by atoms with E-state index >= 15 is 0 Å². The monoisotopic (exact) mass is 272 g/mol. The van der Waals surface area contributed by atoms with Crippen LogP contribution in [0.5, 0.6) is 0 Å². The van der Waals surface area contributed by atoms with Crippen molar-refractivity contribution in [3.05, 3.63) is 36.0 Å². The van der Waals surface area contributed by atoms with Crippen LogP contribution >= 0.6 is 0 Å². The molecular weight excluding hydrogens is 248 g/mol. The van der Waals surface area contributed by atoms with Gasteiger partial charge in [-0.05, 0) is 31.9 Å². The van der Waals surface area contributed by atoms with Crippen LogP contribution in [0.1, 0.15) is 26.5 Å². The maximum Gasteiger partial charge on any atom is 0.0725 e. The summed E-state index contributed by atoms with van der Waals surface area (Å²) >= 11 is 0. The standard InChI is InChI=1S/C17H24N2O/c1-5-20-11-17(12(2)3)19-16-10-13(4)18-15-9-7-6-8-14(15)16/h6-10,12,17H,5,11H2,1-4H3,(H,18,19). The highest BCUT2D eigenvalue weighted by Crippen LogP contribution is 2.24. The first-order chi connectivity index (χ1) is 9.61. The normalized spacial score (nSPS) is 12.8. The highest BCUT2D eigenvalue weighted by molar-refractivity contribution is 5.91. The van der Waals surface area contributed by atoms with E-state index < -0.39 is 0 Å². The molecule has 0 saturated heterocycles. The Bertz CT molecular complexity index is 566. The third kappa shape index (κ3) is 3.48. The van der Waals surface area contributed by atoms with E-state index in [9.17, 15) is 0 Å². The van der Waals surface area contributed by atoms with Crippen LogP contribution in [0.15, 0.2) is 30.3 Å². The summed E-state index contributed by atoms with van der Waals surface area (Å²) in [6, 6.07) is 10.7. The topological polar surface area (TPSA) is 34.1 Å². The zero-order valence-electron chi connectivity index (χ0n) is 12.8. The highest BCUT2D eigenvalue weighted by atomic mass is 16.5. The van der Waals surface area contributed by atoms with Gasteiger partial charge in [0, 0.05) is 23.4 Å². The molecule has 3 heteroatoms. The number of nitrogens with one attached hydrogen (secondary N) is 1. The van der Waals surface area contributed by atoms with Crippen molar-refractivity contribution < 1.29 is 4.74 Å². The van der Waals surface area contributed by atoms with Gasteiger partial charge in [0.1, 0.15) is 0 Å². The predicted octanol–water partition coefficient (Wildman–Crippen LogP) is 4.02. The average Bonchev–Trinajstić information content (AvgIpc) is 2.42. The lowest BCUT2D eigenvalue weighted by Gasteiger charge is -2.24. The van der Waals surface area contributed by atoms with Gasteiger partial charge in [-0.2, -0.15) is 0 Å². The Morgan fingerprint density at radius 2 is 2.00 bits per heavy atom. The van der Waals surface area contributed by atoms with Gasteiger partial charge < -0.3 is 10.1 Å². The first-order valence-corrected chi connectivity index (χ1v) is 7.32. The fourth-order valence-corrected chi connectivity index (χ4v) is 2.27. The summed E-state index contributed by atoms with van der Waals surface area (Å²) in [5.41, 5.74) is 3.21. The number of hydrogen-bond donors (Lipinski definition) is 1. The van der Waals surface area contributed by atoms with E-state index in [2.05, 4.69) is 48.4 Å². The number of benzene rings is 1. The summed E-state index contributed by atoms with van der Waals surface area (Å²) in [5.74, 6) is 0.508. The lowest BCUT2D eigenvalue weighted by molar-refractivity contribution is 0.127. The minimum absolute atomic E-state index is 0.306. The third-order valence-electron chi connectivity index (χ3n) is 3.49. The largest absolute Gasteiger partial charge is 0.380 e. The van der Waals surface area contributed by atoms with Crippen molar-refractivity contribution in [2.75, 3.05) is 18.5 Å². The number of ether oxygens (including phenoxy) is 1. The molecule has 108 valence electrons. The Morgan fingerprint density at radius 1 is 1.25 bits per heavy atom. The Hall–Kier alpha value is -1.61. The van der Waals surface area contributed by atoms with Crippen LogP contribution in [-0.2, 0) is 4.74 Å². The zero-order chi connectivity index (χ0) is 14.5. The molecule has 0 aliphatic heterocycles. The van der Waals surface area contributed by atoms with Crippen molar-refractivity contribution >= 4 is 16.6 Å². The number of aryl methyl sites for hydroxylation is 1. The van der Waals surface area contributed by atoms with Crippen LogP contribution in [-0.4, -0.2) is 24.2 Å². The van der Waals surface area contributed by atoms with Gasteiger partial charge >= 0.3 is 0 Å². The Labute approximate surface area is 121 Å². The molecule has 0 spiro atoms. The van der Waals surface area contributed by atoms with Crippen molar-refractivity contribution in [3.63, 3.8) is 0 Å². The zero-order valence-corrected chi connectivity index (χ0v) is 12.8. The number of hydrogen-bond acceptors (Lipinski definition) is 3. The summed E-state index contributed by atoms with van der Waals surface area (Å²) in [7, 11) is 0. The van der Waals surface area contributed by atoms with Gasteiger partial charge in [-0.15, -0.1) is 0 Å². The molecule has 2 rings (SSSR count). The van der Waals surface area contributed by atoms with Crippen molar-refractivity contribution in [3.8, 4) is 0 Å². The van der Waals surface area contributed by atoms with E-state index in [4.69, 9.17) is 4.74 Å². The molecule has 20 heavy (non-hydrogen) atoms. The van der Waals surface area contributed by atoms with E-state index in [0.717, 1.165) is 30.1 Å². The number of nitrogens with zero attached hydrogens (tertiary/aromatic N) is 1. The molecule has 1 aromatic heterocycles. The van der Waals surface area contributed by atoms with Crippen LogP contribution in [0.3, 0.4) is 0 Å². The van der Waals surface area contributed by atoms with Crippen molar-refractivity contribution in [1.29, 1.82) is 0 Å². The van der Waals surface area contributed by atoms with Crippen LogP contribution in [0.25, 0.3) is 10.9 Å². The Morgan fingerprint density at radius 3 is 2.70 bits per heavy atom. The smallest absolute Gasteiger partial charge is 0.0725 e. The molecule has 0 bridgehead atoms. The van der Waals surface area contributed by atoms with Gasteiger partial charge in [-0.1, -0.05) is 32.0 Å². The van der Waals surface area contributed by atoms with E-state index in [1.807, 2.05) is 19.9 Å². The molecule has 1 aromatic carbocycles. The van der Waals surface area contributed by atoms with Gasteiger partial charge in [0.05, 0.1) is 18.2 Å². The van der Waals surface area contributed by atoms with Gasteiger partial charge in [-0.3, -0.25) is 4.98 Å². The lowest BCUT2D eigenvalue weighted by atomic mass is 10.0. The number of anilines is 1. The fourth-order valence-electron chi connectivity index (χ4n) is 2.27. The minimum atomic E-state index is 0.306. The number of rotatable bonds is 6. The van der Waals surface area contributed by atoms with Gasteiger partial charge in [0.15, 0.2) is 0 Å². The molecule has 1 N–H and O–H groups in total. The van der Waals surface area contributed by atoms with E-state index in [0.29, 0.717) is 12.0 Å². The number of pyridine rings is 1. The summed E-state index contributed by atoms with van der Waals surface area (Å²) < 4.78 is 5.59. The molecule has 0 aliphatic rings. The average molecular weight is 272 g/mol. The van der Waals surface area contributed by atoms with Crippen LogP contribution in [0, 0.1) is 12.8 Å². The number of fused-ring (bicyclic) bond motifs is 1. The second kappa shape index (κ2) is 6.71. The second-order valence-corrected chi connectivity index (χ2v) is 5.48. The Kier molecular flexibility index (Phi) is 4.96. The van der Waals surface area contributed by atoms with E-state index in [1.165, 1.54) is 5.39 Å². The molecule has 0 aliphatic carbocycles. The molecule has 1 unspecified atom stereocenters. The van der Waals surface area contributed by atoms with Crippen LogP contribution < -0.4 is 5.32 Å². The number of aromatic nitrogens is 1. The summed E-state index contributed by atoms with van der Waals surface area (Å²) in [6.45, 7) is 9.97. The SMILES string of the molecule is CCOCC(Nc1cc(C)nc2ccccc12)C(C)C. The summed E-state index contributed by atoms with van der Waals surface area (Å²) in [4.78, 5) is 4.58. The maximum atomic E-state index is 5.59. The molecule has 1 atom stereocenters. The number of para-hydroxylation sites is 1. The summed E-state index contributed by atoms with van der Waals surface area (Å²) in [6.07, 6.45) is 0. The van der Waals surface area contributed by atoms with Crippen LogP contribution in [0.4, 0.5) is 5.69 Å². The quantitative estimate of drug-likeness (QED) is 0.862. The van der Waals surface area contributed by atoms with E-state index in [-0.39, 0.29) is 0 Å². The molecule has 2 aromatic rings. The third-order valence-corrected chi connectivity index (χ3v) is 3.49. The minimum Gasteiger partial charge on any atom is -0.380 e. The highest BCUT2D eigenvalue weighted by Gasteiger charge is 2.15. The lowest BCUT2D eigenvalue weighted by Crippen LogP contribution is -2.31. The maximum absolute atomic E-state index is 5.59. The predicted molar refractivity (Wildman–Crippen MR) is 85.2 cm³/mol. The first kappa shape index (κ1) is 14.8. The molecular formula is C17H24N2O. The van der Waals surface area contributed by atoms with Crippen LogP contribution in [0.2, 0.25) is 0 Å². The molecule has 0 fully saturated rings. The van der Waals surface area contributed by atoms with Gasteiger partial charge in [-0.25, -0.2) is 0 Å². The first-order valence-electron chi connectivity index (χ1n) is 7.32. The molecule has 0 saturated carbocycles. The molecule has 0 radical (unpaired) electrons. The van der Waals surface area contributed by atoms with Gasteiger partial charge in [0.25, 0.3) is 0 Å². The fraction of sp³-hybridized carbons (Fsp3) is 0.471. The molecule has 0 amide bonds. The summed E-state index contributed by atoms with van der Waals surface area (Å²) in [5, 5.41) is 4.80. The van der Waals surface area contributed by atoms with Gasteiger partial charge in [0.2, 0.25) is 0 Å². The van der Waals surface area contributed by atoms with Crippen molar-refractivity contribution in [2.45, 2.75) is 33.7 Å². The van der Waals surface area contributed by atoms with Crippen molar-refractivity contribution in [1.82, 2.24) is 4.98 Å². The molecule has 3 nitrogen and oxygen atoms in total. The second-order valence-electron chi connectivity index (χ2n) is 5.48. The van der Waals surface area contributed by atoms with E-state index in [1.54, 1.807) is 0 Å². The molecule has 1 heterocycles.